The van der Waals surface area contributed by atoms with Crippen LogP contribution in [0, 0.1) is 11.6 Å². The summed E-state index contributed by atoms with van der Waals surface area (Å²) in [4.78, 5) is 35.7. The second-order valence-corrected chi connectivity index (χ2v) is 4.57. The fraction of sp³-hybridized carbons (Fsp3) is 0.357. The molecule has 0 N–H and O–H groups in total. The quantitative estimate of drug-likeness (QED) is 0.778. The third kappa shape index (κ3) is 2.45. The fourth-order valence-electron chi connectivity index (χ4n) is 2.12. The number of rotatable bonds is 5. The molecule has 1 aliphatic heterocycles. The van der Waals surface area contributed by atoms with Crippen LogP contribution in [0.4, 0.5) is 14.5 Å². The van der Waals surface area contributed by atoms with Crippen molar-refractivity contribution in [3.63, 3.8) is 0 Å². The first kappa shape index (κ1) is 14.3. The smallest absolute Gasteiger partial charge is 0.299 e. The highest BCUT2D eigenvalue weighted by molar-refractivity contribution is 6.52. The van der Waals surface area contributed by atoms with E-state index in [2.05, 4.69) is 0 Å². The number of amides is 1. The molecule has 6 heteroatoms. The van der Waals surface area contributed by atoms with Gasteiger partial charge in [-0.2, -0.15) is 0 Å². The molecule has 0 spiro atoms. The summed E-state index contributed by atoms with van der Waals surface area (Å²) >= 11 is 0. The minimum Gasteiger partial charge on any atom is -0.305 e. The predicted octanol–water partition coefficient (Wildman–Crippen LogP) is 2.25. The lowest BCUT2D eigenvalue weighted by Crippen LogP contribution is -2.30. The van der Waals surface area contributed by atoms with Gasteiger partial charge >= 0.3 is 0 Å². The summed E-state index contributed by atoms with van der Waals surface area (Å²) in [5, 5.41) is 0. The zero-order valence-corrected chi connectivity index (χ0v) is 10.9. The van der Waals surface area contributed by atoms with Gasteiger partial charge in [-0.25, -0.2) is 8.78 Å². The van der Waals surface area contributed by atoms with E-state index >= 15 is 0 Å². The molecule has 0 fully saturated rings. The second kappa shape index (κ2) is 5.48. The molecule has 1 aromatic carbocycles. The van der Waals surface area contributed by atoms with Crippen molar-refractivity contribution in [3.8, 4) is 0 Å². The van der Waals surface area contributed by atoms with Gasteiger partial charge in [-0.15, -0.1) is 0 Å². The maximum Gasteiger partial charge on any atom is 0.299 e. The SMILES string of the molecule is CCC(=O)CCCN1C(=O)C(=O)c2cc(F)c(F)cc21. The molecular formula is C14H13F2NO3. The van der Waals surface area contributed by atoms with Crippen molar-refractivity contribution < 1.29 is 23.2 Å². The van der Waals surface area contributed by atoms with Crippen molar-refractivity contribution in [1.29, 1.82) is 0 Å². The molecule has 0 saturated carbocycles. The Labute approximate surface area is 114 Å². The van der Waals surface area contributed by atoms with E-state index in [4.69, 9.17) is 0 Å². The number of nitrogens with zero attached hydrogens (tertiary/aromatic N) is 1. The summed E-state index contributed by atoms with van der Waals surface area (Å²) in [5.74, 6) is -3.88. The van der Waals surface area contributed by atoms with E-state index in [-0.39, 0.29) is 30.0 Å². The fourth-order valence-corrected chi connectivity index (χ4v) is 2.12. The summed E-state index contributed by atoms with van der Waals surface area (Å²) in [5.41, 5.74) is -0.0569. The molecule has 2 rings (SSSR count). The molecule has 20 heavy (non-hydrogen) atoms. The van der Waals surface area contributed by atoms with Crippen LogP contribution in [-0.2, 0) is 9.59 Å². The number of fused-ring (bicyclic) bond motifs is 1. The Morgan fingerprint density at radius 1 is 1.20 bits per heavy atom. The van der Waals surface area contributed by atoms with Gasteiger partial charge in [0.25, 0.3) is 11.7 Å². The summed E-state index contributed by atoms with van der Waals surface area (Å²) in [6.07, 6.45) is 1.07. The monoisotopic (exact) mass is 281 g/mol. The molecule has 1 amide bonds. The normalized spacial score (nSPS) is 13.8. The van der Waals surface area contributed by atoms with Gasteiger partial charge in [-0.3, -0.25) is 14.4 Å². The van der Waals surface area contributed by atoms with Crippen molar-refractivity contribution in [1.82, 2.24) is 0 Å². The van der Waals surface area contributed by atoms with Crippen LogP contribution in [0.25, 0.3) is 0 Å². The summed E-state index contributed by atoms with van der Waals surface area (Å²) in [6.45, 7) is 1.87. The zero-order chi connectivity index (χ0) is 14.9. The van der Waals surface area contributed by atoms with Crippen LogP contribution in [0.15, 0.2) is 12.1 Å². The first-order valence-electron chi connectivity index (χ1n) is 6.32. The predicted molar refractivity (Wildman–Crippen MR) is 67.6 cm³/mol. The maximum atomic E-state index is 13.2. The van der Waals surface area contributed by atoms with Gasteiger partial charge in [0.15, 0.2) is 11.6 Å². The van der Waals surface area contributed by atoms with E-state index in [0.717, 1.165) is 17.0 Å². The van der Waals surface area contributed by atoms with E-state index in [1.807, 2.05) is 0 Å². The number of carbonyl (C=O) groups is 3. The topological polar surface area (TPSA) is 54.5 Å². The highest BCUT2D eigenvalue weighted by Crippen LogP contribution is 2.31. The Bertz CT molecular complexity index is 598. The number of anilines is 1. The minimum atomic E-state index is -1.16. The van der Waals surface area contributed by atoms with Crippen molar-refractivity contribution >= 4 is 23.2 Å². The van der Waals surface area contributed by atoms with E-state index in [0.29, 0.717) is 12.8 Å². The highest BCUT2D eigenvalue weighted by atomic mass is 19.2. The van der Waals surface area contributed by atoms with Gasteiger partial charge in [0.2, 0.25) is 0 Å². The van der Waals surface area contributed by atoms with Crippen LogP contribution in [0.1, 0.15) is 36.5 Å². The molecule has 4 nitrogen and oxygen atoms in total. The lowest BCUT2D eigenvalue weighted by molar-refractivity contribution is -0.119. The largest absolute Gasteiger partial charge is 0.305 e. The average Bonchev–Trinajstić information content (AvgIpc) is 2.64. The number of Topliss-reactive ketones (excluding diaryl/α,β-unsaturated/α-hetero) is 2. The molecule has 1 heterocycles. The van der Waals surface area contributed by atoms with Crippen LogP contribution in [-0.4, -0.2) is 24.0 Å². The zero-order valence-electron chi connectivity index (χ0n) is 10.9. The Kier molecular flexibility index (Phi) is 3.92. The van der Waals surface area contributed by atoms with Crippen LogP contribution >= 0.6 is 0 Å². The average molecular weight is 281 g/mol. The molecule has 1 aliphatic rings. The van der Waals surface area contributed by atoms with Gasteiger partial charge in [-0.1, -0.05) is 6.92 Å². The Balaban J connectivity index is 2.20. The highest BCUT2D eigenvalue weighted by Gasteiger charge is 2.36. The van der Waals surface area contributed by atoms with E-state index in [9.17, 15) is 23.2 Å². The van der Waals surface area contributed by atoms with Crippen molar-refractivity contribution in [2.45, 2.75) is 26.2 Å². The first-order chi connectivity index (χ1) is 9.45. The molecule has 0 atom stereocenters. The van der Waals surface area contributed by atoms with Gasteiger partial charge < -0.3 is 4.90 Å². The van der Waals surface area contributed by atoms with Crippen molar-refractivity contribution in [2.24, 2.45) is 0 Å². The maximum absolute atomic E-state index is 13.2. The molecule has 0 unspecified atom stereocenters. The van der Waals surface area contributed by atoms with Gasteiger partial charge in [0.1, 0.15) is 5.78 Å². The molecule has 1 aromatic rings. The number of ketones is 2. The minimum absolute atomic E-state index is 0.0495. The van der Waals surface area contributed by atoms with Gasteiger partial charge in [0, 0.05) is 25.5 Å². The molecule has 0 saturated heterocycles. The van der Waals surface area contributed by atoms with Crippen molar-refractivity contribution in [2.75, 3.05) is 11.4 Å². The summed E-state index contributed by atoms with van der Waals surface area (Å²) in [7, 11) is 0. The lowest BCUT2D eigenvalue weighted by Gasteiger charge is -2.16. The number of hydrogen-bond acceptors (Lipinski definition) is 3. The lowest BCUT2D eigenvalue weighted by atomic mass is 10.1. The first-order valence-corrected chi connectivity index (χ1v) is 6.32. The van der Waals surface area contributed by atoms with Gasteiger partial charge in [-0.05, 0) is 12.5 Å². The van der Waals surface area contributed by atoms with Crippen LogP contribution in [0.5, 0.6) is 0 Å². The number of benzene rings is 1. The molecule has 0 bridgehead atoms. The molecule has 106 valence electrons. The van der Waals surface area contributed by atoms with E-state index in [1.54, 1.807) is 6.92 Å². The van der Waals surface area contributed by atoms with Crippen LogP contribution in [0.2, 0.25) is 0 Å². The Hall–Kier alpha value is -2.11. The molecule has 0 aliphatic carbocycles. The van der Waals surface area contributed by atoms with Gasteiger partial charge in [0.05, 0.1) is 11.3 Å². The number of carbonyl (C=O) groups excluding carboxylic acids is 3. The molecule has 0 radical (unpaired) electrons. The summed E-state index contributed by atoms with van der Waals surface area (Å²) < 4.78 is 26.3. The van der Waals surface area contributed by atoms with E-state index < -0.39 is 23.3 Å². The number of hydrogen-bond donors (Lipinski definition) is 0. The number of halogens is 2. The third-order valence-corrected chi connectivity index (χ3v) is 3.25. The van der Waals surface area contributed by atoms with Crippen LogP contribution < -0.4 is 4.90 Å². The Morgan fingerprint density at radius 2 is 1.85 bits per heavy atom. The molecule has 0 aromatic heterocycles. The Morgan fingerprint density at radius 3 is 2.50 bits per heavy atom. The van der Waals surface area contributed by atoms with E-state index in [1.165, 1.54) is 0 Å². The second-order valence-electron chi connectivity index (χ2n) is 4.57. The standard InChI is InChI=1S/C14H13F2NO3/c1-2-8(18)4-3-5-17-12-7-11(16)10(15)6-9(12)13(19)14(17)20/h6-7H,2-5H2,1H3. The third-order valence-electron chi connectivity index (χ3n) is 3.25. The summed E-state index contributed by atoms with van der Waals surface area (Å²) in [6, 6.07) is 1.58. The molecular weight excluding hydrogens is 268 g/mol. The van der Waals surface area contributed by atoms with Crippen molar-refractivity contribution in [3.05, 3.63) is 29.3 Å². The van der Waals surface area contributed by atoms with Crippen LogP contribution in [0.3, 0.4) is 0 Å².